The van der Waals surface area contributed by atoms with Crippen LogP contribution in [-0.4, -0.2) is 19.3 Å². The fourth-order valence-corrected chi connectivity index (χ4v) is 1.70. The SMILES string of the molecule is CC(C)OCCNCc1ccc(Br)c(Cl)c1. The first-order chi connectivity index (χ1) is 7.59. The summed E-state index contributed by atoms with van der Waals surface area (Å²) in [5, 5.41) is 4.05. The number of halogens is 2. The third-order valence-corrected chi connectivity index (χ3v) is 3.28. The molecule has 90 valence electrons. The first-order valence-corrected chi connectivity index (χ1v) is 6.53. The zero-order valence-corrected chi connectivity index (χ0v) is 11.9. The zero-order chi connectivity index (χ0) is 12.0. The van der Waals surface area contributed by atoms with Gasteiger partial charge < -0.3 is 10.1 Å². The molecule has 1 rings (SSSR count). The Morgan fingerprint density at radius 3 is 2.81 bits per heavy atom. The van der Waals surface area contributed by atoms with Gasteiger partial charge in [0.15, 0.2) is 0 Å². The number of rotatable bonds is 6. The van der Waals surface area contributed by atoms with Crippen molar-refractivity contribution in [1.82, 2.24) is 5.32 Å². The van der Waals surface area contributed by atoms with E-state index in [1.54, 1.807) is 0 Å². The molecule has 0 aliphatic carbocycles. The van der Waals surface area contributed by atoms with Crippen LogP contribution in [0.1, 0.15) is 19.4 Å². The number of benzene rings is 1. The summed E-state index contributed by atoms with van der Waals surface area (Å²) in [5.41, 5.74) is 1.18. The average molecular weight is 307 g/mol. The van der Waals surface area contributed by atoms with Crippen LogP contribution < -0.4 is 5.32 Å². The van der Waals surface area contributed by atoms with E-state index in [1.165, 1.54) is 5.56 Å². The molecule has 1 aromatic rings. The summed E-state index contributed by atoms with van der Waals surface area (Å²) in [5.74, 6) is 0. The summed E-state index contributed by atoms with van der Waals surface area (Å²) in [6.45, 7) is 6.48. The average Bonchev–Trinajstić information content (AvgIpc) is 2.22. The van der Waals surface area contributed by atoms with E-state index in [0.29, 0.717) is 6.10 Å². The highest BCUT2D eigenvalue weighted by Gasteiger charge is 1.99. The predicted octanol–water partition coefficient (Wildman–Crippen LogP) is 3.62. The number of hydrogen-bond donors (Lipinski definition) is 1. The lowest BCUT2D eigenvalue weighted by Gasteiger charge is -2.09. The van der Waals surface area contributed by atoms with Crippen LogP contribution in [-0.2, 0) is 11.3 Å². The van der Waals surface area contributed by atoms with E-state index in [0.717, 1.165) is 29.2 Å². The summed E-state index contributed by atoms with van der Waals surface area (Å²) in [7, 11) is 0. The topological polar surface area (TPSA) is 21.3 Å². The second kappa shape index (κ2) is 7.28. The van der Waals surface area contributed by atoms with Crippen molar-refractivity contribution in [3.05, 3.63) is 33.3 Å². The molecule has 0 saturated heterocycles. The Morgan fingerprint density at radius 2 is 2.19 bits per heavy atom. The van der Waals surface area contributed by atoms with Crippen molar-refractivity contribution in [2.24, 2.45) is 0 Å². The molecule has 0 fully saturated rings. The molecular weight excluding hydrogens is 289 g/mol. The smallest absolute Gasteiger partial charge is 0.0594 e. The monoisotopic (exact) mass is 305 g/mol. The molecule has 0 unspecified atom stereocenters. The minimum absolute atomic E-state index is 0.295. The summed E-state index contributed by atoms with van der Waals surface area (Å²) in [6.07, 6.45) is 0.295. The first kappa shape index (κ1) is 14.0. The van der Waals surface area contributed by atoms with Gasteiger partial charge in [-0.2, -0.15) is 0 Å². The molecule has 0 atom stereocenters. The van der Waals surface area contributed by atoms with Crippen molar-refractivity contribution in [1.29, 1.82) is 0 Å². The molecule has 0 heterocycles. The third kappa shape index (κ3) is 5.30. The minimum atomic E-state index is 0.295. The summed E-state index contributed by atoms with van der Waals surface area (Å²) < 4.78 is 6.36. The van der Waals surface area contributed by atoms with Gasteiger partial charge in [-0.05, 0) is 47.5 Å². The Balaban J connectivity index is 2.24. The van der Waals surface area contributed by atoms with Gasteiger partial charge in [-0.3, -0.25) is 0 Å². The molecule has 2 nitrogen and oxygen atoms in total. The van der Waals surface area contributed by atoms with Gasteiger partial charge in [-0.1, -0.05) is 17.7 Å². The lowest BCUT2D eigenvalue weighted by molar-refractivity contribution is 0.0807. The van der Waals surface area contributed by atoms with E-state index < -0.39 is 0 Å². The maximum atomic E-state index is 6.00. The molecule has 0 aliphatic rings. The van der Waals surface area contributed by atoms with Crippen molar-refractivity contribution in [3.8, 4) is 0 Å². The minimum Gasteiger partial charge on any atom is -0.377 e. The maximum Gasteiger partial charge on any atom is 0.0594 e. The van der Waals surface area contributed by atoms with Gasteiger partial charge in [0.25, 0.3) is 0 Å². The van der Waals surface area contributed by atoms with Crippen LogP contribution in [0, 0.1) is 0 Å². The van der Waals surface area contributed by atoms with Gasteiger partial charge in [0.2, 0.25) is 0 Å². The van der Waals surface area contributed by atoms with Crippen molar-refractivity contribution in [2.75, 3.05) is 13.2 Å². The van der Waals surface area contributed by atoms with Crippen LogP contribution >= 0.6 is 27.5 Å². The second-order valence-electron chi connectivity index (χ2n) is 3.84. The van der Waals surface area contributed by atoms with Crippen LogP contribution in [0.25, 0.3) is 0 Å². The zero-order valence-electron chi connectivity index (χ0n) is 9.59. The van der Waals surface area contributed by atoms with Gasteiger partial charge in [0, 0.05) is 17.6 Å². The van der Waals surface area contributed by atoms with E-state index in [4.69, 9.17) is 16.3 Å². The van der Waals surface area contributed by atoms with E-state index in [9.17, 15) is 0 Å². The fraction of sp³-hybridized carbons (Fsp3) is 0.500. The molecule has 16 heavy (non-hydrogen) atoms. The molecular formula is C12H17BrClNO. The molecule has 0 bridgehead atoms. The highest BCUT2D eigenvalue weighted by molar-refractivity contribution is 9.10. The Labute approximate surface area is 110 Å². The molecule has 0 aliphatic heterocycles. The lowest BCUT2D eigenvalue weighted by Crippen LogP contribution is -2.20. The Morgan fingerprint density at radius 1 is 1.44 bits per heavy atom. The van der Waals surface area contributed by atoms with E-state index in [1.807, 2.05) is 32.0 Å². The molecule has 0 aromatic heterocycles. The Kier molecular flexibility index (Phi) is 6.36. The van der Waals surface area contributed by atoms with Crippen LogP contribution in [0.5, 0.6) is 0 Å². The van der Waals surface area contributed by atoms with E-state index in [-0.39, 0.29) is 0 Å². The van der Waals surface area contributed by atoms with Crippen molar-refractivity contribution in [3.63, 3.8) is 0 Å². The van der Waals surface area contributed by atoms with Crippen LogP contribution in [0.2, 0.25) is 5.02 Å². The fourth-order valence-electron chi connectivity index (χ4n) is 1.25. The molecule has 0 radical (unpaired) electrons. The van der Waals surface area contributed by atoms with Crippen LogP contribution in [0.3, 0.4) is 0 Å². The van der Waals surface area contributed by atoms with Gasteiger partial charge >= 0.3 is 0 Å². The van der Waals surface area contributed by atoms with Crippen molar-refractivity contribution in [2.45, 2.75) is 26.5 Å². The second-order valence-corrected chi connectivity index (χ2v) is 5.11. The lowest BCUT2D eigenvalue weighted by atomic mass is 10.2. The van der Waals surface area contributed by atoms with Crippen LogP contribution in [0.15, 0.2) is 22.7 Å². The predicted molar refractivity (Wildman–Crippen MR) is 71.9 cm³/mol. The normalized spacial score (nSPS) is 11.1. The van der Waals surface area contributed by atoms with E-state index >= 15 is 0 Å². The highest BCUT2D eigenvalue weighted by atomic mass is 79.9. The quantitative estimate of drug-likeness (QED) is 0.811. The number of hydrogen-bond acceptors (Lipinski definition) is 2. The van der Waals surface area contributed by atoms with Gasteiger partial charge in [-0.15, -0.1) is 0 Å². The molecule has 0 amide bonds. The molecule has 1 N–H and O–H groups in total. The largest absolute Gasteiger partial charge is 0.377 e. The standard InChI is InChI=1S/C12H17BrClNO/c1-9(2)16-6-5-15-8-10-3-4-11(13)12(14)7-10/h3-4,7,9,15H,5-6,8H2,1-2H3. The molecule has 4 heteroatoms. The summed E-state index contributed by atoms with van der Waals surface area (Å²) >= 11 is 9.36. The van der Waals surface area contributed by atoms with Gasteiger partial charge in [0.05, 0.1) is 17.7 Å². The maximum absolute atomic E-state index is 6.00. The Bertz CT molecular complexity index is 331. The number of nitrogens with one attached hydrogen (secondary N) is 1. The van der Waals surface area contributed by atoms with Crippen molar-refractivity contribution >= 4 is 27.5 Å². The highest BCUT2D eigenvalue weighted by Crippen LogP contribution is 2.22. The molecule has 0 saturated carbocycles. The molecule has 0 spiro atoms. The van der Waals surface area contributed by atoms with Crippen LogP contribution in [0.4, 0.5) is 0 Å². The number of ether oxygens (including phenoxy) is 1. The molecule has 1 aromatic carbocycles. The van der Waals surface area contributed by atoms with Gasteiger partial charge in [0.1, 0.15) is 0 Å². The van der Waals surface area contributed by atoms with Gasteiger partial charge in [-0.25, -0.2) is 0 Å². The van der Waals surface area contributed by atoms with E-state index in [2.05, 4.69) is 21.2 Å². The Hall–Kier alpha value is -0.0900. The first-order valence-electron chi connectivity index (χ1n) is 5.36. The summed E-state index contributed by atoms with van der Waals surface area (Å²) in [6, 6.07) is 5.97. The van der Waals surface area contributed by atoms with Crippen molar-refractivity contribution < 1.29 is 4.74 Å². The summed E-state index contributed by atoms with van der Waals surface area (Å²) in [4.78, 5) is 0. The third-order valence-electron chi connectivity index (χ3n) is 2.04.